The van der Waals surface area contributed by atoms with Gasteiger partial charge in [-0.2, -0.15) is 0 Å². The first-order chi connectivity index (χ1) is 13.5. The third kappa shape index (κ3) is 3.46. The molecular weight excluding hydrogens is 400 g/mol. The monoisotopic (exact) mass is 420 g/mol. The van der Waals surface area contributed by atoms with Gasteiger partial charge in [0.25, 0.3) is 5.56 Å². The number of anilines is 1. The Bertz CT molecular complexity index is 1000. The average molecular weight is 421 g/mol. The summed E-state index contributed by atoms with van der Waals surface area (Å²) in [4.78, 5) is 46.9. The third-order valence-electron chi connectivity index (χ3n) is 4.89. The molecule has 4 rings (SSSR count). The number of amides is 1. The number of rotatable bonds is 4. The highest BCUT2D eigenvalue weighted by atomic mass is 32.2. The fraction of sp³-hybridized carbons (Fsp3) is 0.500. The van der Waals surface area contributed by atoms with Crippen molar-refractivity contribution in [3.8, 4) is 0 Å². The Morgan fingerprint density at radius 1 is 1.43 bits per heavy atom. The molecule has 8 nitrogen and oxygen atoms in total. The zero-order valence-electron chi connectivity index (χ0n) is 15.6. The maximum absolute atomic E-state index is 12.7. The fourth-order valence-electron chi connectivity index (χ4n) is 3.42. The van der Waals surface area contributed by atoms with Crippen molar-refractivity contribution in [3.63, 3.8) is 0 Å². The molecule has 1 N–H and O–H groups in total. The highest BCUT2D eigenvalue weighted by Crippen LogP contribution is 2.39. The van der Waals surface area contributed by atoms with E-state index < -0.39 is 0 Å². The number of esters is 1. The number of thioether (sulfide) groups is 1. The van der Waals surface area contributed by atoms with E-state index in [-0.39, 0.29) is 29.3 Å². The molecule has 0 bridgehead atoms. The molecule has 2 aliphatic rings. The first kappa shape index (κ1) is 19.1. The van der Waals surface area contributed by atoms with E-state index in [0.717, 1.165) is 17.0 Å². The lowest BCUT2D eigenvalue weighted by atomic mass is 10.1. The predicted octanol–water partition coefficient (Wildman–Crippen LogP) is 1.96. The van der Waals surface area contributed by atoms with Crippen LogP contribution < -0.4 is 10.9 Å². The van der Waals surface area contributed by atoms with Gasteiger partial charge in [-0.1, -0.05) is 11.8 Å². The van der Waals surface area contributed by atoms with Crippen LogP contribution in [0.1, 0.15) is 35.4 Å². The Morgan fingerprint density at radius 2 is 2.25 bits per heavy atom. The summed E-state index contributed by atoms with van der Waals surface area (Å²) in [5.74, 6) is -0.573. The van der Waals surface area contributed by atoms with E-state index in [9.17, 15) is 14.4 Å². The van der Waals surface area contributed by atoms with Gasteiger partial charge in [0.05, 0.1) is 18.2 Å². The lowest BCUT2D eigenvalue weighted by molar-refractivity contribution is -0.145. The number of thiazole rings is 1. The van der Waals surface area contributed by atoms with E-state index >= 15 is 0 Å². The second-order valence-corrected chi connectivity index (χ2v) is 8.88. The Labute approximate surface area is 169 Å². The average Bonchev–Trinajstić information content (AvgIpc) is 3.24. The topological polar surface area (TPSA) is 103 Å². The van der Waals surface area contributed by atoms with Gasteiger partial charge in [0.2, 0.25) is 5.91 Å². The van der Waals surface area contributed by atoms with E-state index in [4.69, 9.17) is 4.74 Å². The van der Waals surface area contributed by atoms with Crippen LogP contribution in [0.4, 0.5) is 5.13 Å². The molecular formula is C18H20N4O4S2. The fourth-order valence-corrected chi connectivity index (χ4v) is 5.51. The minimum Gasteiger partial charge on any atom is -0.465 e. The number of carbonyl (C=O) groups excluding carboxylic acids is 2. The Balaban J connectivity index is 1.47. The van der Waals surface area contributed by atoms with Gasteiger partial charge in [-0.05, 0) is 26.7 Å². The standard InChI is InChI=1S/C18H20N4O4S2/c1-3-26-16(25)11-4-5-12-13(11)20-17(28-12)21-14(23)10-7-22-15(24)9(2)6-19-18(22)27-8-10/h6,10-11H,3-5,7-8H2,1-2H3,(H,20,21,23)/t10-,11-/m0/s1. The predicted molar refractivity (Wildman–Crippen MR) is 106 cm³/mol. The van der Waals surface area contributed by atoms with E-state index in [2.05, 4.69) is 15.3 Å². The number of aromatic nitrogens is 3. The summed E-state index contributed by atoms with van der Waals surface area (Å²) in [6, 6.07) is 0. The zero-order valence-corrected chi connectivity index (χ0v) is 17.2. The number of hydrogen-bond acceptors (Lipinski definition) is 8. The maximum atomic E-state index is 12.7. The van der Waals surface area contributed by atoms with Crippen LogP contribution in [0.15, 0.2) is 16.1 Å². The van der Waals surface area contributed by atoms with Crippen molar-refractivity contribution in [1.29, 1.82) is 0 Å². The summed E-state index contributed by atoms with van der Waals surface area (Å²) >= 11 is 2.81. The molecule has 0 saturated heterocycles. The number of hydrogen-bond donors (Lipinski definition) is 1. The van der Waals surface area contributed by atoms with Crippen LogP contribution in [0.2, 0.25) is 0 Å². The van der Waals surface area contributed by atoms with Gasteiger partial charge in [-0.3, -0.25) is 19.0 Å². The molecule has 0 spiro atoms. The molecule has 0 radical (unpaired) electrons. The summed E-state index contributed by atoms with van der Waals surface area (Å²) < 4.78 is 6.68. The Kier molecular flexibility index (Phi) is 5.24. The zero-order chi connectivity index (χ0) is 19.8. The van der Waals surface area contributed by atoms with Gasteiger partial charge in [0, 0.05) is 28.9 Å². The highest BCUT2D eigenvalue weighted by molar-refractivity contribution is 7.99. The molecule has 1 amide bonds. The molecule has 1 aliphatic heterocycles. The lowest BCUT2D eigenvalue weighted by Crippen LogP contribution is -2.37. The molecule has 148 valence electrons. The van der Waals surface area contributed by atoms with E-state index in [1.807, 2.05) is 0 Å². The number of aryl methyl sites for hydroxylation is 2. The van der Waals surface area contributed by atoms with Crippen LogP contribution in [0.25, 0.3) is 0 Å². The van der Waals surface area contributed by atoms with Gasteiger partial charge in [0.15, 0.2) is 10.3 Å². The quantitative estimate of drug-likeness (QED) is 0.596. The molecule has 10 heteroatoms. The second kappa shape index (κ2) is 7.67. The largest absolute Gasteiger partial charge is 0.465 e. The van der Waals surface area contributed by atoms with Gasteiger partial charge >= 0.3 is 5.97 Å². The maximum Gasteiger partial charge on any atom is 0.315 e. The molecule has 0 aromatic carbocycles. The molecule has 28 heavy (non-hydrogen) atoms. The van der Waals surface area contributed by atoms with Crippen LogP contribution in [-0.4, -0.2) is 38.8 Å². The summed E-state index contributed by atoms with van der Waals surface area (Å²) in [5, 5.41) is 4.00. The van der Waals surface area contributed by atoms with Crippen LogP contribution in [0.5, 0.6) is 0 Å². The first-order valence-corrected chi connectivity index (χ1v) is 10.9. The van der Waals surface area contributed by atoms with Crippen LogP contribution in [-0.2, 0) is 27.3 Å². The summed E-state index contributed by atoms with van der Waals surface area (Å²) in [7, 11) is 0. The van der Waals surface area contributed by atoms with Crippen molar-refractivity contribution in [2.45, 2.75) is 44.3 Å². The van der Waals surface area contributed by atoms with Crippen LogP contribution >= 0.6 is 23.1 Å². The van der Waals surface area contributed by atoms with Crippen LogP contribution in [0.3, 0.4) is 0 Å². The molecule has 3 heterocycles. The number of nitrogens with zero attached hydrogens (tertiary/aromatic N) is 3. The first-order valence-electron chi connectivity index (χ1n) is 9.14. The number of fused-ring (bicyclic) bond motifs is 2. The van der Waals surface area contributed by atoms with E-state index in [0.29, 0.717) is 41.2 Å². The van der Waals surface area contributed by atoms with Crippen molar-refractivity contribution in [2.24, 2.45) is 5.92 Å². The smallest absolute Gasteiger partial charge is 0.315 e. The Hall–Kier alpha value is -2.20. The van der Waals surface area contributed by atoms with Crippen molar-refractivity contribution in [1.82, 2.24) is 14.5 Å². The highest BCUT2D eigenvalue weighted by Gasteiger charge is 2.34. The molecule has 0 saturated carbocycles. The van der Waals surface area contributed by atoms with Gasteiger partial charge < -0.3 is 10.1 Å². The SMILES string of the molecule is CCOC(=O)[C@H]1CCc2sc(NC(=O)[C@@H]3CSc4ncc(C)c(=O)n4C3)nc21. The summed E-state index contributed by atoms with van der Waals surface area (Å²) in [6.45, 7) is 4.14. The van der Waals surface area contributed by atoms with Gasteiger partial charge in [-0.15, -0.1) is 11.3 Å². The van der Waals surface area contributed by atoms with Gasteiger partial charge in [-0.25, -0.2) is 9.97 Å². The van der Waals surface area contributed by atoms with Crippen molar-refractivity contribution >= 4 is 40.1 Å². The minimum atomic E-state index is -0.349. The molecule has 1 aliphatic carbocycles. The second-order valence-electron chi connectivity index (χ2n) is 6.81. The van der Waals surface area contributed by atoms with Crippen LogP contribution in [0, 0.1) is 12.8 Å². The van der Waals surface area contributed by atoms with Crippen molar-refractivity contribution in [3.05, 3.63) is 32.7 Å². The molecule has 0 fully saturated rings. The molecule has 2 aromatic heterocycles. The molecule has 0 unspecified atom stereocenters. The van der Waals surface area contributed by atoms with Gasteiger partial charge in [0.1, 0.15) is 5.92 Å². The molecule has 2 aromatic rings. The minimum absolute atomic E-state index is 0.111. The van der Waals surface area contributed by atoms with Crippen molar-refractivity contribution < 1.29 is 14.3 Å². The lowest BCUT2D eigenvalue weighted by Gasteiger charge is -2.23. The summed E-state index contributed by atoms with van der Waals surface area (Å²) in [6.07, 6.45) is 3.03. The van der Waals surface area contributed by atoms with E-state index in [1.54, 1.807) is 24.6 Å². The number of ether oxygens (including phenoxy) is 1. The normalized spacial score (nSPS) is 20.4. The third-order valence-corrected chi connectivity index (χ3v) is 7.09. The number of carbonyl (C=O) groups is 2. The van der Waals surface area contributed by atoms with Crippen molar-refractivity contribution in [2.75, 3.05) is 17.7 Å². The van der Waals surface area contributed by atoms with E-state index in [1.165, 1.54) is 23.1 Å². The summed E-state index contributed by atoms with van der Waals surface area (Å²) in [5.41, 5.74) is 1.17. The molecule has 2 atom stereocenters. The number of nitrogens with one attached hydrogen (secondary N) is 1. The Morgan fingerprint density at radius 3 is 3.04 bits per heavy atom.